The minimum Gasteiger partial charge on any atom is -0.297 e. The van der Waals surface area contributed by atoms with Gasteiger partial charge in [-0.1, -0.05) is 20.8 Å². The molecule has 0 aromatic carbocycles. The Kier molecular flexibility index (Phi) is 6.59. The van der Waals surface area contributed by atoms with E-state index in [-0.39, 0.29) is 19.6 Å². The Morgan fingerprint density at radius 3 is 1.00 bits per heavy atom. The van der Waals surface area contributed by atoms with Crippen LogP contribution in [0.25, 0.3) is 0 Å². The second kappa shape index (κ2) is 7.45. The Bertz CT molecular complexity index is 202. The Morgan fingerprint density at radius 1 is 0.611 bits per heavy atom. The molecule has 1 fully saturated rings. The lowest BCUT2D eigenvalue weighted by Crippen LogP contribution is -2.74. The topological polar surface area (TPSA) is 9.72 Å². The lowest BCUT2D eigenvalue weighted by atomic mass is 9.66. The average molecular weight is 261 g/mol. The van der Waals surface area contributed by atoms with E-state index < -0.39 is 21.8 Å². The van der Waals surface area contributed by atoms with Gasteiger partial charge < -0.3 is 0 Å². The molecule has 0 amide bonds. The van der Waals surface area contributed by atoms with Crippen LogP contribution in [0.3, 0.4) is 0 Å². The highest BCUT2D eigenvalue weighted by Gasteiger charge is 2.55. The minimum absolute atomic E-state index is 0.287. The van der Waals surface area contributed by atoms with Gasteiger partial charge in [0.1, 0.15) is 0 Å². The summed E-state index contributed by atoms with van der Waals surface area (Å²) in [5.41, 5.74) is 0. The standard InChI is InChI=1S/C9H21B3F3N3/c1-4-7-16-10(13)17(8-5-2)12(15)18(9-6-3)11(16)14/h4-9H2,1-3H3. The number of rotatable bonds is 6. The monoisotopic (exact) mass is 261 g/mol. The van der Waals surface area contributed by atoms with E-state index in [2.05, 4.69) is 0 Å². The van der Waals surface area contributed by atoms with Gasteiger partial charge in [-0.3, -0.25) is 27.1 Å². The van der Waals surface area contributed by atoms with Crippen LogP contribution in [0.1, 0.15) is 40.0 Å². The van der Waals surface area contributed by atoms with Crippen LogP contribution >= 0.6 is 0 Å². The highest BCUT2D eigenvalue weighted by Crippen LogP contribution is 2.22. The first-order valence-electron chi connectivity index (χ1n) is 6.77. The quantitative estimate of drug-likeness (QED) is 0.677. The molecule has 9 heteroatoms. The molecule has 1 saturated heterocycles. The van der Waals surface area contributed by atoms with E-state index in [1.165, 1.54) is 0 Å². The summed E-state index contributed by atoms with van der Waals surface area (Å²) in [5.74, 6) is 0. The zero-order valence-electron chi connectivity index (χ0n) is 11.5. The first kappa shape index (κ1) is 15.9. The average Bonchev–Trinajstić information content (AvgIpc) is 2.35. The van der Waals surface area contributed by atoms with Gasteiger partial charge in [-0.15, -0.1) is 0 Å². The molecule has 0 atom stereocenters. The maximum atomic E-state index is 14.1. The van der Waals surface area contributed by atoms with E-state index in [4.69, 9.17) is 0 Å². The maximum Gasteiger partial charge on any atom is 0.505 e. The van der Waals surface area contributed by atoms with Crippen molar-refractivity contribution in [3.63, 3.8) is 0 Å². The zero-order valence-corrected chi connectivity index (χ0v) is 11.5. The molecule has 0 bridgehead atoms. The van der Waals surface area contributed by atoms with Crippen molar-refractivity contribution in [1.82, 2.24) is 14.2 Å². The fourth-order valence-corrected chi connectivity index (χ4v) is 2.29. The molecule has 0 aromatic heterocycles. The second-order valence-electron chi connectivity index (χ2n) is 4.65. The SMILES string of the molecule is CCCN1B(F)N(CCC)B(F)N(CCC)B1F. The highest BCUT2D eigenvalue weighted by molar-refractivity contribution is 6.79. The maximum absolute atomic E-state index is 14.1. The van der Waals surface area contributed by atoms with Gasteiger partial charge in [-0.2, -0.15) is 0 Å². The van der Waals surface area contributed by atoms with Crippen LogP contribution < -0.4 is 0 Å². The zero-order chi connectivity index (χ0) is 13.7. The first-order chi connectivity index (χ1) is 8.58. The molecule has 1 aliphatic rings. The first-order valence-corrected chi connectivity index (χ1v) is 6.77. The molecule has 0 aliphatic carbocycles. The molecule has 3 nitrogen and oxygen atoms in total. The predicted octanol–water partition coefficient (Wildman–Crippen LogP) is 2.00. The van der Waals surface area contributed by atoms with Crippen molar-refractivity contribution in [3.05, 3.63) is 0 Å². The lowest BCUT2D eigenvalue weighted by Gasteiger charge is -2.43. The molecule has 0 N–H and O–H groups in total. The van der Waals surface area contributed by atoms with Gasteiger partial charge in [-0.05, 0) is 38.9 Å². The van der Waals surface area contributed by atoms with Gasteiger partial charge in [0.15, 0.2) is 0 Å². The van der Waals surface area contributed by atoms with Crippen molar-refractivity contribution < 1.29 is 12.9 Å². The molecule has 0 spiro atoms. The Morgan fingerprint density at radius 2 is 0.833 bits per heavy atom. The summed E-state index contributed by atoms with van der Waals surface area (Å²) in [6.45, 7) is 6.43. The van der Waals surface area contributed by atoms with E-state index >= 15 is 0 Å². The molecule has 18 heavy (non-hydrogen) atoms. The minimum atomic E-state index is -1.68. The smallest absolute Gasteiger partial charge is 0.297 e. The van der Waals surface area contributed by atoms with Gasteiger partial charge in [0, 0.05) is 0 Å². The summed E-state index contributed by atoms with van der Waals surface area (Å²) in [6, 6.07) is 0. The third kappa shape index (κ3) is 3.25. The summed E-state index contributed by atoms with van der Waals surface area (Å²) < 4.78 is 45.7. The number of halogens is 3. The summed E-state index contributed by atoms with van der Waals surface area (Å²) >= 11 is 0. The normalized spacial score (nSPS) is 20.0. The Balaban J connectivity index is 2.86. The van der Waals surface area contributed by atoms with Crippen molar-refractivity contribution in [2.75, 3.05) is 19.6 Å². The van der Waals surface area contributed by atoms with E-state index in [0.29, 0.717) is 19.3 Å². The van der Waals surface area contributed by atoms with Crippen LogP contribution in [0.2, 0.25) is 0 Å². The summed E-state index contributed by atoms with van der Waals surface area (Å²) in [6.07, 6.45) is 1.91. The van der Waals surface area contributed by atoms with E-state index in [1.807, 2.05) is 20.8 Å². The van der Waals surface area contributed by atoms with Crippen LogP contribution in [0.5, 0.6) is 0 Å². The van der Waals surface area contributed by atoms with Crippen LogP contribution in [0.15, 0.2) is 0 Å². The summed E-state index contributed by atoms with van der Waals surface area (Å²) in [7, 11) is -5.03. The fourth-order valence-electron chi connectivity index (χ4n) is 2.29. The molecule has 102 valence electrons. The van der Waals surface area contributed by atoms with Gasteiger partial charge >= 0.3 is 21.8 Å². The van der Waals surface area contributed by atoms with Crippen molar-refractivity contribution in [1.29, 1.82) is 0 Å². The van der Waals surface area contributed by atoms with E-state index in [9.17, 15) is 12.9 Å². The van der Waals surface area contributed by atoms with Gasteiger partial charge in [0.05, 0.1) is 0 Å². The van der Waals surface area contributed by atoms with E-state index in [1.54, 1.807) is 0 Å². The number of nitrogens with zero attached hydrogens (tertiary/aromatic N) is 3. The van der Waals surface area contributed by atoms with Gasteiger partial charge in [0.25, 0.3) is 0 Å². The summed E-state index contributed by atoms with van der Waals surface area (Å²) in [5, 5.41) is 0. The van der Waals surface area contributed by atoms with Gasteiger partial charge in [-0.25, -0.2) is 0 Å². The Hall–Kier alpha value is -0.135. The van der Waals surface area contributed by atoms with Crippen LogP contribution in [-0.4, -0.2) is 55.6 Å². The molecule has 1 aliphatic heterocycles. The third-order valence-corrected chi connectivity index (χ3v) is 3.09. The number of hydrogen-bond acceptors (Lipinski definition) is 3. The van der Waals surface area contributed by atoms with Crippen molar-refractivity contribution in [2.24, 2.45) is 0 Å². The lowest BCUT2D eigenvalue weighted by molar-refractivity contribution is 0.331. The molecule has 0 aromatic rings. The molecule has 0 radical (unpaired) electrons. The molecule has 1 rings (SSSR count). The summed E-state index contributed by atoms with van der Waals surface area (Å²) in [4.78, 5) is 0. The molecule has 1 heterocycles. The van der Waals surface area contributed by atoms with Crippen molar-refractivity contribution >= 4 is 21.8 Å². The molecule has 0 unspecified atom stereocenters. The van der Waals surface area contributed by atoms with Crippen molar-refractivity contribution in [2.45, 2.75) is 40.0 Å². The van der Waals surface area contributed by atoms with Gasteiger partial charge in [0.2, 0.25) is 0 Å². The van der Waals surface area contributed by atoms with Crippen molar-refractivity contribution in [3.8, 4) is 0 Å². The predicted molar refractivity (Wildman–Crippen MR) is 71.6 cm³/mol. The second-order valence-corrected chi connectivity index (χ2v) is 4.65. The highest BCUT2D eigenvalue weighted by atomic mass is 19.1. The third-order valence-electron chi connectivity index (χ3n) is 3.09. The molecule has 0 saturated carbocycles. The fraction of sp³-hybridized carbons (Fsp3) is 1.00. The molecular formula is C9H21B3F3N3. The number of hydrogen-bond donors (Lipinski definition) is 0. The Labute approximate surface area is 109 Å². The van der Waals surface area contributed by atoms with Crippen LogP contribution in [0, 0.1) is 0 Å². The van der Waals surface area contributed by atoms with E-state index in [0.717, 1.165) is 14.2 Å². The largest absolute Gasteiger partial charge is 0.505 e. The molecular weight excluding hydrogens is 240 g/mol. The van der Waals surface area contributed by atoms with Crippen LogP contribution in [-0.2, 0) is 0 Å². The van der Waals surface area contributed by atoms with Crippen LogP contribution in [0.4, 0.5) is 12.9 Å².